The Morgan fingerprint density at radius 3 is 2.62 bits per heavy atom. The highest BCUT2D eigenvalue weighted by molar-refractivity contribution is 5.55. The quantitative estimate of drug-likeness (QED) is 0.626. The van der Waals surface area contributed by atoms with E-state index >= 15 is 0 Å². The summed E-state index contributed by atoms with van der Waals surface area (Å²) in [6.45, 7) is 2.14. The molecule has 1 nitrogen and oxygen atoms in total. The van der Waals surface area contributed by atoms with E-state index in [0.717, 1.165) is 6.42 Å². The number of allylic oxidation sites excluding steroid dienone is 3. The number of para-hydroxylation sites is 1. The molecular formula is C12H13N. The zero-order valence-corrected chi connectivity index (χ0v) is 7.77. The molecule has 0 aromatic heterocycles. The van der Waals surface area contributed by atoms with E-state index in [1.807, 2.05) is 6.07 Å². The molecule has 0 N–H and O–H groups in total. The Labute approximate surface area is 79.0 Å². The van der Waals surface area contributed by atoms with Crippen molar-refractivity contribution in [2.24, 2.45) is 0 Å². The van der Waals surface area contributed by atoms with Crippen LogP contribution in [0.5, 0.6) is 0 Å². The first-order chi connectivity index (χ1) is 6.38. The van der Waals surface area contributed by atoms with Crippen molar-refractivity contribution in [2.45, 2.75) is 13.3 Å². The van der Waals surface area contributed by atoms with Gasteiger partial charge in [-0.1, -0.05) is 30.4 Å². The van der Waals surface area contributed by atoms with Crippen molar-refractivity contribution in [3.05, 3.63) is 54.4 Å². The van der Waals surface area contributed by atoms with Crippen molar-refractivity contribution >= 4 is 5.69 Å². The summed E-state index contributed by atoms with van der Waals surface area (Å²) < 4.78 is 0. The first-order valence-corrected chi connectivity index (χ1v) is 4.55. The zero-order valence-electron chi connectivity index (χ0n) is 7.77. The van der Waals surface area contributed by atoms with Gasteiger partial charge in [0.15, 0.2) is 0 Å². The van der Waals surface area contributed by atoms with E-state index in [2.05, 4.69) is 54.4 Å². The topological polar surface area (TPSA) is 3.24 Å². The molecule has 0 bridgehead atoms. The number of anilines is 1. The summed E-state index contributed by atoms with van der Waals surface area (Å²) in [5, 5.41) is 0. The molecule has 1 heteroatoms. The van der Waals surface area contributed by atoms with Gasteiger partial charge in [-0.25, -0.2) is 0 Å². The van der Waals surface area contributed by atoms with Gasteiger partial charge < -0.3 is 4.90 Å². The van der Waals surface area contributed by atoms with Crippen LogP contribution in [-0.4, -0.2) is 0 Å². The Kier molecular flexibility index (Phi) is 2.17. The van der Waals surface area contributed by atoms with Crippen LogP contribution in [0.4, 0.5) is 5.69 Å². The summed E-state index contributed by atoms with van der Waals surface area (Å²) in [6.07, 6.45) is 7.58. The molecule has 0 atom stereocenters. The second-order valence-electron chi connectivity index (χ2n) is 3.17. The van der Waals surface area contributed by atoms with Crippen molar-refractivity contribution in [3.63, 3.8) is 0 Å². The van der Waals surface area contributed by atoms with Gasteiger partial charge in [0.2, 0.25) is 0 Å². The van der Waals surface area contributed by atoms with Crippen molar-refractivity contribution in [1.82, 2.24) is 0 Å². The van der Waals surface area contributed by atoms with E-state index in [0.29, 0.717) is 0 Å². The molecular weight excluding hydrogens is 158 g/mol. The summed E-state index contributed by atoms with van der Waals surface area (Å²) in [5.74, 6) is 0. The zero-order chi connectivity index (χ0) is 9.10. The number of rotatable bonds is 1. The second-order valence-corrected chi connectivity index (χ2v) is 3.17. The Hall–Kier alpha value is -1.50. The lowest BCUT2D eigenvalue weighted by atomic mass is 10.2. The normalized spacial score (nSPS) is 15.8. The lowest BCUT2D eigenvalue weighted by Gasteiger charge is -2.23. The van der Waals surface area contributed by atoms with Gasteiger partial charge in [-0.15, -0.1) is 0 Å². The van der Waals surface area contributed by atoms with Crippen molar-refractivity contribution < 1.29 is 0 Å². The van der Waals surface area contributed by atoms with Gasteiger partial charge in [-0.05, 0) is 25.5 Å². The fraction of sp³-hybridized carbons (Fsp3) is 0.167. The van der Waals surface area contributed by atoms with E-state index in [1.54, 1.807) is 0 Å². The van der Waals surface area contributed by atoms with Crippen LogP contribution in [-0.2, 0) is 0 Å². The van der Waals surface area contributed by atoms with Gasteiger partial charge in [0, 0.05) is 17.6 Å². The van der Waals surface area contributed by atoms with Crippen LogP contribution < -0.4 is 4.90 Å². The maximum absolute atomic E-state index is 2.23. The number of nitrogens with zero attached hydrogens (tertiary/aromatic N) is 1. The van der Waals surface area contributed by atoms with Crippen molar-refractivity contribution in [1.29, 1.82) is 0 Å². The maximum Gasteiger partial charge on any atom is 0.0451 e. The third-order valence-electron chi connectivity index (χ3n) is 2.22. The highest BCUT2D eigenvalue weighted by Crippen LogP contribution is 2.21. The highest BCUT2D eigenvalue weighted by Gasteiger charge is 2.05. The minimum Gasteiger partial charge on any atom is -0.322 e. The van der Waals surface area contributed by atoms with E-state index in [1.165, 1.54) is 11.4 Å². The molecule has 1 heterocycles. The molecule has 0 spiro atoms. The fourth-order valence-electron chi connectivity index (χ4n) is 1.50. The molecule has 2 rings (SSSR count). The predicted octanol–water partition coefficient (Wildman–Crippen LogP) is 3.31. The van der Waals surface area contributed by atoms with Gasteiger partial charge in [-0.3, -0.25) is 0 Å². The van der Waals surface area contributed by atoms with E-state index in [4.69, 9.17) is 0 Å². The molecule has 66 valence electrons. The molecule has 0 aliphatic carbocycles. The van der Waals surface area contributed by atoms with E-state index in [9.17, 15) is 0 Å². The van der Waals surface area contributed by atoms with E-state index in [-0.39, 0.29) is 0 Å². The summed E-state index contributed by atoms with van der Waals surface area (Å²) in [7, 11) is 0. The summed E-state index contributed by atoms with van der Waals surface area (Å²) in [6, 6.07) is 10.4. The lowest BCUT2D eigenvalue weighted by Crippen LogP contribution is -2.14. The van der Waals surface area contributed by atoms with Gasteiger partial charge in [0.25, 0.3) is 0 Å². The molecule has 0 unspecified atom stereocenters. The molecule has 0 saturated heterocycles. The van der Waals surface area contributed by atoms with Crippen LogP contribution in [0.3, 0.4) is 0 Å². The Morgan fingerprint density at radius 1 is 1.15 bits per heavy atom. The average molecular weight is 171 g/mol. The number of hydrogen-bond donors (Lipinski definition) is 0. The average Bonchev–Trinajstić information content (AvgIpc) is 2.20. The lowest BCUT2D eigenvalue weighted by molar-refractivity contribution is 1.08. The first-order valence-electron chi connectivity index (χ1n) is 4.55. The van der Waals surface area contributed by atoms with Crippen LogP contribution in [0.25, 0.3) is 0 Å². The Morgan fingerprint density at radius 2 is 1.92 bits per heavy atom. The standard InChI is InChI=1S/C12H13N/c1-11-7-5-6-10-13(11)12-8-3-2-4-9-12/h2-4,6-10H,5H2,1H3. The van der Waals surface area contributed by atoms with Crippen LogP contribution in [0.15, 0.2) is 54.4 Å². The predicted molar refractivity (Wildman–Crippen MR) is 56.4 cm³/mol. The third-order valence-corrected chi connectivity index (χ3v) is 2.22. The molecule has 0 saturated carbocycles. The smallest absolute Gasteiger partial charge is 0.0451 e. The number of hydrogen-bond acceptors (Lipinski definition) is 1. The molecule has 1 aromatic rings. The minimum atomic E-state index is 1.05. The monoisotopic (exact) mass is 171 g/mol. The molecule has 1 aliphatic heterocycles. The Balaban J connectivity index is 2.31. The van der Waals surface area contributed by atoms with Gasteiger partial charge in [0.1, 0.15) is 0 Å². The molecule has 13 heavy (non-hydrogen) atoms. The van der Waals surface area contributed by atoms with Gasteiger partial charge in [0.05, 0.1) is 0 Å². The molecule has 0 amide bonds. The van der Waals surface area contributed by atoms with Crippen LogP contribution in [0.1, 0.15) is 13.3 Å². The largest absolute Gasteiger partial charge is 0.322 e. The summed E-state index contributed by atoms with van der Waals surface area (Å²) in [4.78, 5) is 2.20. The minimum absolute atomic E-state index is 1.05. The van der Waals surface area contributed by atoms with E-state index < -0.39 is 0 Å². The first kappa shape index (κ1) is 8.11. The van der Waals surface area contributed by atoms with Crippen LogP contribution in [0, 0.1) is 0 Å². The SMILES string of the molecule is CC1=CCC=CN1c1ccccc1. The second kappa shape index (κ2) is 3.48. The molecule has 0 radical (unpaired) electrons. The Bertz CT molecular complexity index is 335. The third kappa shape index (κ3) is 1.64. The molecule has 1 aliphatic rings. The number of benzene rings is 1. The molecule has 0 fully saturated rings. The fourth-order valence-corrected chi connectivity index (χ4v) is 1.50. The van der Waals surface area contributed by atoms with Crippen molar-refractivity contribution in [3.8, 4) is 0 Å². The van der Waals surface area contributed by atoms with Crippen LogP contribution >= 0.6 is 0 Å². The maximum atomic E-state index is 2.23. The van der Waals surface area contributed by atoms with Gasteiger partial charge >= 0.3 is 0 Å². The summed E-state index contributed by atoms with van der Waals surface area (Å²) >= 11 is 0. The van der Waals surface area contributed by atoms with Gasteiger partial charge in [-0.2, -0.15) is 0 Å². The van der Waals surface area contributed by atoms with Crippen LogP contribution in [0.2, 0.25) is 0 Å². The molecule has 1 aromatic carbocycles. The summed E-state index contributed by atoms with van der Waals surface area (Å²) in [5.41, 5.74) is 2.53. The highest BCUT2D eigenvalue weighted by atomic mass is 15.1. The van der Waals surface area contributed by atoms with Crippen molar-refractivity contribution in [2.75, 3.05) is 4.90 Å².